The molecule has 0 amide bonds. The van der Waals surface area contributed by atoms with E-state index in [0.717, 1.165) is 127 Å². The van der Waals surface area contributed by atoms with Crippen molar-refractivity contribution in [3.8, 4) is 0 Å². The molecule has 20 heteroatoms. The third-order valence-corrected chi connectivity index (χ3v) is 19.4. The van der Waals surface area contributed by atoms with Gasteiger partial charge in [0.05, 0.1) is 18.3 Å². The molecule has 0 saturated heterocycles. The minimum absolute atomic E-state index is 0.121. The van der Waals surface area contributed by atoms with E-state index in [1.807, 2.05) is 111 Å². The lowest BCUT2D eigenvalue weighted by molar-refractivity contribution is -0.224. The summed E-state index contributed by atoms with van der Waals surface area (Å²) in [6.45, 7) is 46.5. The molecule has 8 nitrogen and oxygen atoms in total. The highest BCUT2D eigenvalue weighted by atomic mass is 19.4. The summed E-state index contributed by atoms with van der Waals surface area (Å²) in [5.41, 5.74) is 0. The van der Waals surface area contributed by atoms with Crippen molar-refractivity contribution in [1.29, 1.82) is 0 Å². The highest BCUT2D eigenvalue weighted by Gasteiger charge is 2.44. The summed E-state index contributed by atoms with van der Waals surface area (Å²) in [7, 11) is 0. The highest BCUT2D eigenvalue weighted by Crippen LogP contribution is 2.34. The molecule has 0 fully saturated rings. The van der Waals surface area contributed by atoms with E-state index in [9.17, 15) is 83.3 Å². The number of rotatable bonds is 47. The third kappa shape index (κ3) is 64.1. The standard InChI is InChI=1S/C10H19F3O.3C10H20F2O.3C10H21FO.C10H22O/c1-4-5-6-8(7(2)3)9(14)10(11,12)13;3*1-4-5-6-8(7(2)3)9(13)10(11)12;3*1-4-5-6-9(8(2)3)10(12)7-11;1-4-5-6-10(7-8-11)9(2)3/h7-9,14H,4-6H2,1-3H3;3*7-10,13H,4-6H2,1-3H3;3*8-10,12H,4-7H2,1-3H3;9-11H,4-8H2,1-3H3/t3*8?,9-;;2*9?,10-;;/m110.10../s1. The van der Waals surface area contributed by atoms with Crippen LogP contribution >= 0.6 is 0 Å². The van der Waals surface area contributed by atoms with Crippen molar-refractivity contribution in [1.82, 2.24) is 0 Å². The van der Waals surface area contributed by atoms with E-state index in [1.54, 1.807) is 13.8 Å². The first-order valence-electron chi connectivity index (χ1n) is 39.4. The highest BCUT2D eigenvalue weighted by molar-refractivity contribution is 4.80. The zero-order valence-corrected chi connectivity index (χ0v) is 68.1. The minimum Gasteiger partial charge on any atom is -0.396 e. The Hall–Kier alpha value is -1.16. The van der Waals surface area contributed by atoms with E-state index >= 15 is 0 Å². The van der Waals surface area contributed by atoms with Crippen molar-refractivity contribution in [2.24, 2.45) is 94.7 Å². The number of aliphatic hydroxyl groups excluding tert-OH is 8. The molecule has 8 N–H and O–H groups in total. The molecular weight excluding hydrogens is 1320 g/mol. The number of aliphatic hydroxyl groups is 8. The van der Waals surface area contributed by atoms with Crippen LogP contribution in [0.25, 0.3) is 0 Å². The monoisotopic (exact) mass is 1480 g/mol. The number of hydrogen-bond acceptors (Lipinski definition) is 8. The van der Waals surface area contributed by atoms with Crippen LogP contribution in [0.5, 0.6) is 0 Å². The van der Waals surface area contributed by atoms with Crippen LogP contribution in [-0.4, -0.2) is 136 Å². The van der Waals surface area contributed by atoms with Crippen molar-refractivity contribution in [3.05, 3.63) is 0 Å². The van der Waals surface area contributed by atoms with E-state index in [2.05, 4.69) is 41.5 Å². The van der Waals surface area contributed by atoms with Gasteiger partial charge in [0.2, 0.25) is 0 Å². The summed E-state index contributed by atoms with van der Waals surface area (Å²) in [6.07, 6.45) is 2.97. The third-order valence-electron chi connectivity index (χ3n) is 19.4. The first-order chi connectivity index (χ1) is 46.4. The first-order valence-corrected chi connectivity index (χ1v) is 39.4. The zero-order valence-electron chi connectivity index (χ0n) is 68.1. The Labute approximate surface area is 607 Å². The fourth-order valence-corrected chi connectivity index (χ4v) is 12.1. The van der Waals surface area contributed by atoms with Gasteiger partial charge >= 0.3 is 6.18 Å². The number of halogens is 12. The van der Waals surface area contributed by atoms with E-state index in [1.165, 1.54) is 19.3 Å². The van der Waals surface area contributed by atoms with Crippen molar-refractivity contribution in [3.63, 3.8) is 0 Å². The lowest BCUT2D eigenvalue weighted by Crippen LogP contribution is -2.38. The van der Waals surface area contributed by atoms with Crippen LogP contribution < -0.4 is 0 Å². The van der Waals surface area contributed by atoms with Crippen LogP contribution in [0.3, 0.4) is 0 Å². The van der Waals surface area contributed by atoms with Crippen molar-refractivity contribution in [2.75, 3.05) is 26.6 Å². The maximum atomic E-state index is 12.2. The lowest BCUT2D eigenvalue weighted by Gasteiger charge is -2.27. The molecule has 0 saturated carbocycles. The van der Waals surface area contributed by atoms with Gasteiger partial charge in [-0.25, -0.2) is 39.5 Å². The van der Waals surface area contributed by atoms with Crippen LogP contribution in [-0.2, 0) is 0 Å². The number of unbranched alkanes of at least 4 members (excludes halogenated alkanes) is 8. The zero-order chi connectivity index (χ0) is 80.0. The molecule has 0 aromatic rings. The normalized spacial score (nSPS) is 16.4. The van der Waals surface area contributed by atoms with Crippen molar-refractivity contribution >= 4 is 0 Å². The Morgan fingerprint density at radius 1 is 0.260 bits per heavy atom. The van der Waals surface area contributed by atoms with Gasteiger partial charge in [0.15, 0.2) is 6.10 Å². The smallest absolute Gasteiger partial charge is 0.396 e. The van der Waals surface area contributed by atoms with E-state index < -0.39 is 94.1 Å². The molecule has 0 heterocycles. The maximum Gasteiger partial charge on any atom is 0.414 e. The first kappa shape index (κ1) is 115. The molecule has 0 aliphatic rings. The Morgan fingerprint density at radius 2 is 0.440 bits per heavy atom. The van der Waals surface area contributed by atoms with Crippen LogP contribution in [0.1, 0.15) is 327 Å². The van der Waals surface area contributed by atoms with Crippen molar-refractivity contribution in [2.45, 2.75) is 395 Å². The molecule has 616 valence electrons. The Kier molecular flexibility index (Phi) is 84.1. The van der Waals surface area contributed by atoms with Gasteiger partial charge in [-0.05, 0) is 146 Å². The topological polar surface area (TPSA) is 162 Å². The average Bonchev–Trinajstić information content (AvgIpc) is 0.865. The largest absolute Gasteiger partial charge is 0.414 e. The fraction of sp³-hybridized carbons (Fsp3) is 1.00. The molecule has 15 atom stereocenters. The molecule has 0 bridgehead atoms. The van der Waals surface area contributed by atoms with Gasteiger partial charge in [-0.1, -0.05) is 275 Å². The Bertz CT molecular complexity index is 1470. The van der Waals surface area contributed by atoms with Crippen molar-refractivity contribution < 1.29 is 93.5 Å². The predicted octanol–water partition coefficient (Wildman–Crippen LogP) is 23.8. The molecule has 0 spiro atoms. The van der Waals surface area contributed by atoms with E-state index in [4.69, 9.17) is 10.2 Å². The Balaban J connectivity index is -0.000000161. The summed E-state index contributed by atoms with van der Waals surface area (Å²) in [5.74, 6) is 1.76. The molecule has 100 heavy (non-hydrogen) atoms. The summed E-state index contributed by atoms with van der Waals surface area (Å²) in [4.78, 5) is 0. The molecule has 0 aromatic carbocycles. The van der Waals surface area contributed by atoms with Gasteiger partial charge in [-0.3, -0.25) is 0 Å². The van der Waals surface area contributed by atoms with Gasteiger partial charge < -0.3 is 40.9 Å². The molecule has 10 unspecified atom stereocenters. The quantitative estimate of drug-likeness (QED) is 0.0279. The molecule has 0 aliphatic carbocycles. The fourth-order valence-electron chi connectivity index (χ4n) is 12.1. The SMILES string of the molecule is CCCCC(C(C)C)C(O)C(F)F.CCCCC(C(C)C)C(O)CF.CCCCC(C(C)C)[C@@H](O)C(F)(F)F.CCCCC(C(C)C)[C@@H](O)C(F)F.CCCCC(C(C)C)[C@@H](O)CF.CCCCC(C(C)C)[C@H](O)C(F)F.CCCCC(C(C)C)[C@H](O)CF.CCCCC(CCO)C(C)C. The average molecular weight is 1480 g/mol. The lowest BCUT2D eigenvalue weighted by atomic mass is 9.85. The van der Waals surface area contributed by atoms with Gasteiger partial charge in [0.1, 0.15) is 38.3 Å². The van der Waals surface area contributed by atoms with Gasteiger partial charge in [-0.2, -0.15) is 13.2 Å². The van der Waals surface area contributed by atoms with E-state index in [-0.39, 0.29) is 59.2 Å². The summed E-state index contributed by atoms with van der Waals surface area (Å²) in [5, 5.41) is 73.6. The predicted molar refractivity (Wildman–Crippen MR) is 399 cm³/mol. The number of alkyl halides is 12. The molecule has 0 radical (unpaired) electrons. The molecular formula is C80H164F12O8. The number of hydrogen-bond donors (Lipinski definition) is 8. The second kappa shape index (κ2) is 73.4. The summed E-state index contributed by atoms with van der Waals surface area (Å²) < 4.78 is 147. The van der Waals surface area contributed by atoms with E-state index in [0.29, 0.717) is 50.0 Å². The van der Waals surface area contributed by atoms with Crippen LogP contribution in [0.15, 0.2) is 0 Å². The van der Waals surface area contributed by atoms with Crippen LogP contribution in [0.4, 0.5) is 52.7 Å². The minimum atomic E-state index is -4.48. The molecule has 0 rings (SSSR count). The summed E-state index contributed by atoms with van der Waals surface area (Å²) in [6, 6.07) is 0. The second-order valence-corrected chi connectivity index (χ2v) is 30.6. The molecule has 0 aliphatic heterocycles. The maximum absolute atomic E-state index is 12.2. The Morgan fingerprint density at radius 3 is 0.580 bits per heavy atom. The van der Waals surface area contributed by atoms with Gasteiger partial charge in [0.25, 0.3) is 19.3 Å². The van der Waals surface area contributed by atoms with Crippen LogP contribution in [0.2, 0.25) is 0 Å². The van der Waals surface area contributed by atoms with Gasteiger partial charge in [-0.15, -0.1) is 0 Å². The second-order valence-electron chi connectivity index (χ2n) is 30.6. The van der Waals surface area contributed by atoms with Crippen LogP contribution in [0, 0.1) is 94.7 Å². The summed E-state index contributed by atoms with van der Waals surface area (Å²) >= 11 is 0. The molecule has 0 aromatic heterocycles. The van der Waals surface area contributed by atoms with Gasteiger partial charge in [0, 0.05) is 6.61 Å².